The maximum absolute atomic E-state index is 13.7. The van der Waals surface area contributed by atoms with Gasteiger partial charge >= 0.3 is 0 Å². The van der Waals surface area contributed by atoms with E-state index >= 15 is 0 Å². The molecule has 1 amide bonds. The molecule has 2 N–H and O–H groups in total. The van der Waals surface area contributed by atoms with Gasteiger partial charge in [0.1, 0.15) is 11.6 Å². The molecule has 3 rings (SSSR count). The second kappa shape index (κ2) is 6.50. The van der Waals surface area contributed by atoms with Gasteiger partial charge in [0.2, 0.25) is 5.91 Å². The van der Waals surface area contributed by atoms with Crippen LogP contribution in [0.15, 0.2) is 23.6 Å². The summed E-state index contributed by atoms with van der Waals surface area (Å²) in [5.74, 6) is -1.43. The minimum absolute atomic E-state index is 0.125. The molecule has 22 heavy (non-hydrogen) atoms. The van der Waals surface area contributed by atoms with Gasteiger partial charge in [-0.15, -0.1) is 11.3 Å². The van der Waals surface area contributed by atoms with Crippen molar-refractivity contribution in [1.29, 1.82) is 0 Å². The fraction of sp³-hybridized carbons (Fsp3) is 0.333. The predicted molar refractivity (Wildman–Crippen MR) is 81.7 cm³/mol. The average Bonchev–Trinajstić information content (AvgIpc) is 2.96. The zero-order valence-corrected chi connectivity index (χ0v) is 12.6. The van der Waals surface area contributed by atoms with E-state index < -0.39 is 11.6 Å². The van der Waals surface area contributed by atoms with Crippen LogP contribution < -0.4 is 10.6 Å². The highest BCUT2D eigenvalue weighted by atomic mass is 32.1. The van der Waals surface area contributed by atoms with E-state index in [9.17, 15) is 13.6 Å². The summed E-state index contributed by atoms with van der Waals surface area (Å²) in [6, 6.07) is 3.14. The fourth-order valence-electron chi connectivity index (χ4n) is 2.42. The Hall–Kier alpha value is -1.86. The van der Waals surface area contributed by atoms with Crippen molar-refractivity contribution in [3.8, 4) is 11.3 Å². The number of piperidine rings is 1. The van der Waals surface area contributed by atoms with Crippen molar-refractivity contribution in [1.82, 2.24) is 10.3 Å². The standard InChI is InChI=1S/C15H15F2N3OS/c16-9-4-5-10(11(17)7-9)13-8-22-15(19-13)20-14(21)12-3-1-2-6-18-12/h4-5,7-8,12,18H,1-3,6H2,(H,19,20,21). The number of carbonyl (C=O) groups excluding carboxylic acids is 1. The Morgan fingerprint density at radius 3 is 2.95 bits per heavy atom. The minimum Gasteiger partial charge on any atom is -0.306 e. The third-order valence-electron chi connectivity index (χ3n) is 3.57. The summed E-state index contributed by atoms with van der Waals surface area (Å²) in [7, 11) is 0. The first-order chi connectivity index (χ1) is 10.6. The number of hydrogen-bond donors (Lipinski definition) is 2. The van der Waals surface area contributed by atoms with E-state index in [4.69, 9.17) is 0 Å². The molecule has 1 aliphatic heterocycles. The largest absolute Gasteiger partial charge is 0.306 e. The third-order valence-corrected chi connectivity index (χ3v) is 4.33. The molecule has 0 saturated carbocycles. The number of thiazole rings is 1. The van der Waals surface area contributed by atoms with E-state index in [2.05, 4.69) is 15.6 Å². The molecule has 0 spiro atoms. The van der Waals surface area contributed by atoms with E-state index in [1.54, 1.807) is 5.38 Å². The summed E-state index contributed by atoms with van der Waals surface area (Å²) in [4.78, 5) is 16.3. The maximum Gasteiger partial charge on any atom is 0.243 e. The lowest BCUT2D eigenvalue weighted by Gasteiger charge is -2.21. The summed E-state index contributed by atoms with van der Waals surface area (Å²) >= 11 is 1.22. The molecule has 2 heterocycles. The number of hydrogen-bond acceptors (Lipinski definition) is 4. The van der Waals surface area contributed by atoms with Gasteiger partial charge in [-0.25, -0.2) is 13.8 Å². The van der Waals surface area contributed by atoms with Crippen LogP contribution in [0, 0.1) is 11.6 Å². The van der Waals surface area contributed by atoms with Gasteiger partial charge in [-0.05, 0) is 31.5 Å². The van der Waals surface area contributed by atoms with Gasteiger partial charge in [0.05, 0.1) is 11.7 Å². The number of carbonyl (C=O) groups is 1. The number of aromatic nitrogens is 1. The summed E-state index contributed by atoms with van der Waals surface area (Å²) in [6.07, 6.45) is 2.90. The Balaban J connectivity index is 1.72. The summed E-state index contributed by atoms with van der Waals surface area (Å²) in [5.41, 5.74) is 0.600. The molecule has 116 valence electrons. The van der Waals surface area contributed by atoms with Crippen LogP contribution in [-0.2, 0) is 4.79 Å². The number of amides is 1. The summed E-state index contributed by atoms with van der Waals surface area (Å²) in [6.45, 7) is 0.835. The highest BCUT2D eigenvalue weighted by Crippen LogP contribution is 2.27. The molecule has 0 aliphatic carbocycles. The van der Waals surface area contributed by atoms with Gasteiger partial charge in [0.25, 0.3) is 0 Å². The van der Waals surface area contributed by atoms with Crippen molar-refractivity contribution in [2.45, 2.75) is 25.3 Å². The van der Waals surface area contributed by atoms with Crippen LogP contribution in [0.4, 0.5) is 13.9 Å². The van der Waals surface area contributed by atoms with Crippen molar-refractivity contribution < 1.29 is 13.6 Å². The number of nitrogens with zero attached hydrogens (tertiary/aromatic N) is 1. The second-order valence-electron chi connectivity index (χ2n) is 5.15. The quantitative estimate of drug-likeness (QED) is 0.912. The van der Waals surface area contributed by atoms with Crippen LogP contribution >= 0.6 is 11.3 Å². The first-order valence-corrected chi connectivity index (χ1v) is 7.96. The van der Waals surface area contributed by atoms with Crippen LogP contribution in [0.3, 0.4) is 0 Å². The topological polar surface area (TPSA) is 54.0 Å². The van der Waals surface area contributed by atoms with Crippen LogP contribution in [0.2, 0.25) is 0 Å². The van der Waals surface area contributed by atoms with Gasteiger partial charge in [-0.3, -0.25) is 4.79 Å². The lowest BCUT2D eigenvalue weighted by atomic mass is 10.0. The van der Waals surface area contributed by atoms with E-state index in [1.807, 2.05) is 0 Å². The second-order valence-corrected chi connectivity index (χ2v) is 6.01. The Morgan fingerprint density at radius 1 is 1.36 bits per heavy atom. The Bertz CT molecular complexity index is 683. The molecule has 0 bridgehead atoms. The van der Waals surface area contributed by atoms with Gasteiger partial charge < -0.3 is 10.6 Å². The maximum atomic E-state index is 13.7. The van der Waals surface area contributed by atoms with Gasteiger partial charge in [0.15, 0.2) is 5.13 Å². The van der Waals surface area contributed by atoms with E-state index in [0.717, 1.165) is 31.9 Å². The van der Waals surface area contributed by atoms with Crippen molar-refractivity contribution >= 4 is 22.4 Å². The first-order valence-electron chi connectivity index (χ1n) is 7.08. The molecule has 0 radical (unpaired) electrons. The van der Waals surface area contributed by atoms with Gasteiger partial charge in [-0.2, -0.15) is 0 Å². The van der Waals surface area contributed by atoms with Crippen LogP contribution in [0.25, 0.3) is 11.3 Å². The minimum atomic E-state index is -0.669. The molecule has 1 unspecified atom stereocenters. The van der Waals surface area contributed by atoms with Crippen LogP contribution in [0.5, 0.6) is 0 Å². The molecule has 1 saturated heterocycles. The highest BCUT2D eigenvalue weighted by Gasteiger charge is 2.21. The molecular weight excluding hydrogens is 308 g/mol. The Kier molecular flexibility index (Phi) is 4.44. The highest BCUT2D eigenvalue weighted by molar-refractivity contribution is 7.14. The smallest absolute Gasteiger partial charge is 0.243 e. The number of rotatable bonds is 3. The van der Waals surface area contributed by atoms with E-state index in [1.165, 1.54) is 23.5 Å². The monoisotopic (exact) mass is 323 g/mol. The number of halogens is 2. The summed E-state index contributed by atoms with van der Waals surface area (Å²) < 4.78 is 26.7. The Morgan fingerprint density at radius 2 is 2.23 bits per heavy atom. The average molecular weight is 323 g/mol. The van der Waals surface area contributed by atoms with Crippen molar-refractivity contribution in [3.63, 3.8) is 0 Å². The molecule has 7 heteroatoms. The lowest BCUT2D eigenvalue weighted by molar-refractivity contribution is -0.118. The third kappa shape index (κ3) is 3.31. The van der Waals surface area contributed by atoms with E-state index in [-0.39, 0.29) is 17.5 Å². The normalized spacial score (nSPS) is 18.2. The first kappa shape index (κ1) is 15.1. The Labute approximate surface area is 130 Å². The molecule has 1 aromatic carbocycles. The summed E-state index contributed by atoms with van der Waals surface area (Å²) in [5, 5.41) is 7.95. The fourth-order valence-corrected chi connectivity index (χ4v) is 3.13. The van der Waals surface area contributed by atoms with Crippen molar-refractivity contribution in [2.75, 3.05) is 11.9 Å². The van der Waals surface area contributed by atoms with Crippen LogP contribution in [-0.4, -0.2) is 23.5 Å². The molecular formula is C15H15F2N3OS. The number of benzene rings is 1. The van der Waals surface area contributed by atoms with Gasteiger partial charge in [0, 0.05) is 17.0 Å². The lowest BCUT2D eigenvalue weighted by Crippen LogP contribution is -2.43. The van der Waals surface area contributed by atoms with Crippen molar-refractivity contribution in [2.24, 2.45) is 0 Å². The zero-order valence-electron chi connectivity index (χ0n) is 11.7. The van der Waals surface area contributed by atoms with E-state index in [0.29, 0.717) is 10.8 Å². The number of nitrogens with one attached hydrogen (secondary N) is 2. The molecule has 4 nitrogen and oxygen atoms in total. The molecule has 1 fully saturated rings. The van der Waals surface area contributed by atoms with Gasteiger partial charge in [-0.1, -0.05) is 6.42 Å². The number of anilines is 1. The van der Waals surface area contributed by atoms with Crippen LogP contribution in [0.1, 0.15) is 19.3 Å². The van der Waals surface area contributed by atoms with Crippen molar-refractivity contribution in [3.05, 3.63) is 35.2 Å². The molecule has 1 aliphatic rings. The SMILES string of the molecule is O=C(Nc1nc(-c2ccc(F)cc2F)cs1)C1CCCCN1. The molecule has 1 aromatic heterocycles. The molecule has 1 atom stereocenters. The zero-order chi connectivity index (χ0) is 15.5. The molecule has 2 aromatic rings. The predicted octanol–water partition coefficient (Wildman–Crippen LogP) is 3.17.